The molecule has 0 spiro atoms. The summed E-state index contributed by atoms with van der Waals surface area (Å²) in [5.74, 6) is 1.24. The molecule has 1 N–H and O–H groups in total. The van der Waals surface area contributed by atoms with Gasteiger partial charge in [0.15, 0.2) is 0 Å². The summed E-state index contributed by atoms with van der Waals surface area (Å²) in [6.45, 7) is 6.27. The van der Waals surface area contributed by atoms with Crippen LogP contribution in [0.5, 0.6) is 0 Å². The van der Waals surface area contributed by atoms with Crippen LogP contribution in [0.2, 0.25) is 0 Å². The predicted octanol–water partition coefficient (Wildman–Crippen LogP) is 0.266. The van der Waals surface area contributed by atoms with Gasteiger partial charge >= 0.3 is 0 Å². The fourth-order valence-electron chi connectivity index (χ4n) is 2.64. The Morgan fingerprint density at radius 3 is 2.80 bits per heavy atom. The van der Waals surface area contributed by atoms with Crippen LogP contribution in [0.15, 0.2) is 0 Å². The monoisotopic (exact) mass is 232 g/mol. The van der Waals surface area contributed by atoms with Crippen LogP contribution in [0, 0.1) is 11.8 Å². The lowest BCUT2D eigenvalue weighted by Crippen LogP contribution is -2.56. The summed E-state index contributed by atoms with van der Waals surface area (Å²) in [6, 6.07) is 0.455. The third-order valence-corrected chi connectivity index (χ3v) is 5.54. The van der Waals surface area contributed by atoms with Crippen molar-refractivity contribution in [3.63, 3.8) is 0 Å². The van der Waals surface area contributed by atoms with Crippen LogP contribution < -0.4 is 5.32 Å². The first kappa shape index (κ1) is 11.4. The van der Waals surface area contributed by atoms with Crippen molar-refractivity contribution in [1.82, 2.24) is 9.62 Å². The van der Waals surface area contributed by atoms with E-state index in [-0.39, 0.29) is 5.75 Å². The normalized spacial score (nSPS) is 37.9. The van der Waals surface area contributed by atoms with Gasteiger partial charge in [0.2, 0.25) is 10.0 Å². The molecule has 4 nitrogen and oxygen atoms in total. The Balaban J connectivity index is 2.12. The van der Waals surface area contributed by atoms with E-state index in [0.29, 0.717) is 31.0 Å². The van der Waals surface area contributed by atoms with E-state index in [1.165, 1.54) is 6.42 Å². The largest absolute Gasteiger partial charge is 0.314 e. The zero-order chi connectivity index (χ0) is 11.1. The van der Waals surface area contributed by atoms with E-state index in [2.05, 4.69) is 12.2 Å². The lowest BCUT2D eigenvalue weighted by Gasteiger charge is -2.44. The number of hydrogen-bond acceptors (Lipinski definition) is 3. The van der Waals surface area contributed by atoms with Crippen LogP contribution in [0.3, 0.4) is 0 Å². The van der Waals surface area contributed by atoms with E-state index < -0.39 is 10.0 Å². The third kappa shape index (κ3) is 2.19. The topological polar surface area (TPSA) is 49.4 Å². The molecule has 0 amide bonds. The number of piperidine rings is 2. The third-order valence-electron chi connectivity index (χ3n) is 3.73. The first-order chi connectivity index (χ1) is 7.03. The molecule has 2 aliphatic rings. The molecule has 0 aliphatic carbocycles. The molecule has 0 unspecified atom stereocenters. The van der Waals surface area contributed by atoms with Crippen molar-refractivity contribution >= 4 is 10.0 Å². The van der Waals surface area contributed by atoms with E-state index in [1.807, 2.05) is 0 Å². The van der Waals surface area contributed by atoms with E-state index in [9.17, 15) is 8.42 Å². The van der Waals surface area contributed by atoms with E-state index in [4.69, 9.17) is 0 Å². The average molecular weight is 232 g/mol. The smallest absolute Gasteiger partial charge is 0.213 e. The van der Waals surface area contributed by atoms with Crippen molar-refractivity contribution in [1.29, 1.82) is 0 Å². The van der Waals surface area contributed by atoms with Crippen molar-refractivity contribution in [2.75, 3.05) is 25.4 Å². The minimum absolute atomic E-state index is 0.230. The standard InChI is InChI=1S/C10H20N2O2S/c1-3-15(13,14)12-6-9-4-10(7-12)8(2)11-5-9/h8-11H,3-7H2,1-2H3/t8-,9-,10+/m1/s1. The Kier molecular flexibility index (Phi) is 3.05. The van der Waals surface area contributed by atoms with Gasteiger partial charge in [-0.25, -0.2) is 12.7 Å². The average Bonchev–Trinajstić information content (AvgIpc) is 2.24. The maximum atomic E-state index is 11.8. The number of hydrogen-bond donors (Lipinski definition) is 1. The Bertz CT molecular complexity index is 328. The molecule has 2 aliphatic heterocycles. The van der Waals surface area contributed by atoms with Crippen LogP contribution in [-0.4, -0.2) is 44.2 Å². The fraction of sp³-hybridized carbons (Fsp3) is 1.00. The SMILES string of the molecule is CCS(=O)(=O)N1C[C@H]2CN[C@H](C)[C@@H](C2)C1. The summed E-state index contributed by atoms with van der Waals surface area (Å²) in [5.41, 5.74) is 0. The van der Waals surface area contributed by atoms with Crippen LogP contribution in [0.1, 0.15) is 20.3 Å². The van der Waals surface area contributed by atoms with Gasteiger partial charge in [0, 0.05) is 19.1 Å². The van der Waals surface area contributed by atoms with Gasteiger partial charge in [-0.05, 0) is 38.6 Å². The van der Waals surface area contributed by atoms with Crippen LogP contribution in [0.4, 0.5) is 0 Å². The zero-order valence-corrected chi connectivity index (χ0v) is 10.3. The summed E-state index contributed by atoms with van der Waals surface area (Å²) < 4.78 is 25.3. The second-order valence-corrected chi connectivity index (χ2v) is 7.03. The highest BCUT2D eigenvalue weighted by Gasteiger charge is 2.38. The lowest BCUT2D eigenvalue weighted by atomic mass is 9.82. The molecule has 15 heavy (non-hydrogen) atoms. The Morgan fingerprint density at radius 1 is 1.40 bits per heavy atom. The Hall–Kier alpha value is -0.130. The summed E-state index contributed by atoms with van der Waals surface area (Å²) in [5, 5.41) is 3.45. The molecule has 0 aromatic carbocycles. The number of nitrogens with one attached hydrogen (secondary N) is 1. The second-order valence-electron chi connectivity index (χ2n) is 4.78. The minimum Gasteiger partial charge on any atom is -0.314 e. The van der Waals surface area contributed by atoms with E-state index in [1.54, 1.807) is 11.2 Å². The quantitative estimate of drug-likeness (QED) is 0.743. The first-order valence-electron chi connectivity index (χ1n) is 5.74. The molecule has 2 fully saturated rings. The minimum atomic E-state index is -2.98. The summed E-state index contributed by atoms with van der Waals surface area (Å²) in [7, 11) is -2.98. The van der Waals surface area contributed by atoms with Gasteiger partial charge in [0.05, 0.1) is 5.75 Å². The Morgan fingerprint density at radius 2 is 2.13 bits per heavy atom. The molecule has 3 atom stereocenters. The molecule has 0 saturated carbocycles. The van der Waals surface area contributed by atoms with Gasteiger partial charge in [-0.3, -0.25) is 0 Å². The molecule has 2 heterocycles. The summed E-state index contributed by atoms with van der Waals surface area (Å²) in [6.07, 6.45) is 1.18. The van der Waals surface area contributed by atoms with Crippen molar-refractivity contribution in [2.24, 2.45) is 11.8 Å². The number of sulfonamides is 1. The highest BCUT2D eigenvalue weighted by Crippen LogP contribution is 2.29. The highest BCUT2D eigenvalue weighted by atomic mass is 32.2. The predicted molar refractivity (Wildman–Crippen MR) is 60.1 cm³/mol. The van der Waals surface area contributed by atoms with E-state index in [0.717, 1.165) is 6.54 Å². The van der Waals surface area contributed by atoms with Gasteiger partial charge < -0.3 is 5.32 Å². The fourth-order valence-corrected chi connectivity index (χ4v) is 3.86. The van der Waals surface area contributed by atoms with Gasteiger partial charge in [-0.15, -0.1) is 0 Å². The van der Waals surface area contributed by atoms with Crippen LogP contribution >= 0.6 is 0 Å². The molecule has 2 bridgehead atoms. The molecule has 0 radical (unpaired) electrons. The van der Waals surface area contributed by atoms with Gasteiger partial charge in [-0.1, -0.05) is 0 Å². The molecule has 2 saturated heterocycles. The molecular weight excluding hydrogens is 212 g/mol. The Labute approximate surface area is 92.1 Å². The first-order valence-corrected chi connectivity index (χ1v) is 7.35. The number of rotatable bonds is 2. The zero-order valence-electron chi connectivity index (χ0n) is 9.44. The highest BCUT2D eigenvalue weighted by molar-refractivity contribution is 7.89. The molecule has 0 aromatic heterocycles. The molecule has 2 rings (SSSR count). The van der Waals surface area contributed by atoms with Crippen LogP contribution in [-0.2, 0) is 10.0 Å². The van der Waals surface area contributed by atoms with Crippen molar-refractivity contribution in [3.8, 4) is 0 Å². The summed E-state index contributed by atoms with van der Waals surface area (Å²) in [4.78, 5) is 0. The van der Waals surface area contributed by atoms with Gasteiger partial charge in [0.1, 0.15) is 0 Å². The van der Waals surface area contributed by atoms with Crippen LogP contribution in [0.25, 0.3) is 0 Å². The maximum absolute atomic E-state index is 11.8. The van der Waals surface area contributed by atoms with Crippen molar-refractivity contribution in [2.45, 2.75) is 26.3 Å². The number of fused-ring (bicyclic) bond motifs is 2. The van der Waals surface area contributed by atoms with Gasteiger partial charge in [-0.2, -0.15) is 0 Å². The molecule has 0 aromatic rings. The second kappa shape index (κ2) is 4.03. The lowest BCUT2D eigenvalue weighted by molar-refractivity contribution is 0.125. The number of nitrogens with zero attached hydrogens (tertiary/aromatic N) is 1. The summed E-state index contributed by atoms with van der Waals surface area (Å²) >= 11 is 0. The molecule has 88 valence electrons. The maximum Gasteiger partial charge on any atom is 0.213 e. The van der Waals surface area contributed by atoms with Crippen molar-refractivity contribution < 1.29 is 8.42 Å². The molecular formula is C10H20N2O2S. The van der Waals surface area contributed by atoms with E-state index >= 15 is 0 Å². The van der Waals surface area contributed by atoms with Gasteiger partial charge in [0.25, 0.3) is 0 Å². The molecule has 5 heteroatoms. The van der Waals surface area contributed by atoms with Crippen molar-refractivity contribution in [3.05, 3.63) is 0 Å².